The number of hydrogen-bond acceptors (Lipinski definition) is 21. The van der Waals surface area contributed by atoms with Crippen LogP contribution in [-0.4, -0.2) is 222 Å². The lowest BCUT2D eigenvalue weighted by Crippen LogP contribution is -2.70. The molecule has 296 valence electrons. The molecule has 20 atom stereocenters. The molecule has 51 heavy (non-hydrogen) atoms. The zero-order chi connectivity index (χ0) is 37.9. The number of nitrogens with one attached hydrogen (secondary N) is 2. The zero-order valence-corrected chi connectivity index (χ0v) is 27.4. The fraction of sp³-hybridized carbons (Fsp3) is 0.929. The minimum atomic E-state index is -2.05. The summed E-state index contributed by atoms with van der Waals surface area (Å²) in [6.45, 7) is -1.33. The third-order valence-corrected chi connectivity index (χ3v) is 9.01. The number of amides is 2. The van der Waals surface area contributed by atoms with Crippen molar-refractivity contribution in [2.45, 2.75) is 137 Å². The Bertz CT molecular complexity index is 1140. The molecule has 0 aliphatic carbocycles. The molecule has 4 aliphatic rings. The summed E-state index contributed by atoms with van der Waals surface area (Å²) in [4.78, 5) is 24.0. The van der Waals surface area contributed by atoms with Gasteiger partial charge in [0.1, 0.15) is 97.5 Å². The second-order valence-electron chi connectivity index (χ2n) is 12.6. The maximum Gasteiger partial charge on any atom is 0.217 e. The summed E-state index contributed by atoms with van der Waals surface area (Å²) in [6.07, 6.45) is -31.8. The number of aliphatic hydroxyl groups excluding tert-OH is 12. The Kier molecular flexibility index (Phi) is 14.8. The van der Waals surface area contributed by atoms with Crippen molar-refractivity contribution in [2.75, 3.05) is 26.4 Å². The van der Waals surface area contributed by atoms with Crippen LogP contribution in [0.4, 0.5) is 0 Å². The van der Waals surface area contributed by atoms with E-state index in [9.17, 15) is 70.9 Å². The van der Waals surface area contributed by atoms with Crippen molar-refractivity contribution >= 4 is 11.8 Å². The van der Waals surface area contributed by atoms with Gasteiger partial charge in [-0.2, -0.15) is 0 Å². The first-order valence-corrected chi connectivity index (χ1v) is 16.1. The van der Waals surface area contributed by atoms with Crippen LogP contribution in [0.5, 0.6) is 0 Å². The van der Waals surface area contributed by atoms with E-state index in [2.05, 4.69) is 10.6 Å². The van der Waals surface area contributed by atoms with E-state index in [1.807, 2.05) is 0 Å². The van der Waals surface area contributed by atoms with Gasteiger partial charge in [-0.05, 0) is 0 Å². The van der Waals surface area contributed by atoms with Gasteiger partial charge in [-0.1, -0.05) is 0 Å². The van der Waals surface area contributed by atoms with Gasteiger partial charge in [0.2, 0.25) is 11.8 Å². The largest absolute Gasteiger partial charge is 0.394 e. The molecule has 23 nitrogen and oxygen atoms in total. The van der Waals surface area contributed by atoms with Crippen LogP contribution >= 0.6 is 0 Å². The van der Waals surface area contributed by atoms with Crippen LogP contribution < -0.4 is 10.6 Å². The number of hydrogen-bond donors (Lipinski definition) is 14. The van der Waals surface area contributed by atoms with Gasteiger partial charge < -0.3 is 105 Å². The molecule has 0 radical (unpaired) electrons. The molecule has 0 aromatic carbocycles. The van der Waals surface area contributed by atoms with Crippen LogP contribution in [0.15, 0.2) is 0 Å². The highest BCUT2D eigenvalue weighted by molar-refractivity contribution is 5.73. The van der Waals surface area contributed by atoms with Crippen LogP contribution in [0, 0.1) is 0 Å². The monoisotopic (exact) mass is 748 g/mol. The number of carbonyl (C=O) groups excluding carboxylic acids is 2. The predicted octanol–water partition coefficient (Wildman–Crippen LogP) is -9.46. The SMILES string of the molecule is CC(=O)N[C@H]1[C@H](O[C@H]2[C@@H](O)[C@@H](CO)O[C@@H](O[C@H]3[C@H](O)[C@@H](NC(C)=O)C(O)O[C@@H]3CO)[C@@H]2O)O[C@H](CO)[C@@H](O)[C@@H]1O[C@@H]1O[C@H](CO)[C@H](O)[C@H](O)[C@H]1O. The molecule has 1 unspecified atom stereocenters. The fourth-order valence-electron chi connectivity index (χ4n) is 6.35. The van der Waals surface area contributed by atoms with Crippen LogP contribution in [0.3, 0.4) is 0 Å². The smallest absolute Gasteiger partial charge is 0.217 e. The Labute approximate surface area is 289 Å². The van der Waals surface area contributed by atoms with E-state index in [-0.39, 0.29) is 0 Å². The van der Waals surface area contributed by atoms with E-state index in [4.69, 9.17) is 33.2 Å². The van der Waals surface area contributed by atoms with E-state index < -0.39 is 161 Å². The summed E-state index contributed by atoms with van der Waals surface area (Å²) < 4.78 is 39.3. The molecule has 2 amide bonds. The van der Waals surface area contributed by atoms with Crippen LogP contribution in [-0.2, 0) is 42.7 Å². The summed E-state index contributed by atoms with van der Waals surface area (Å²) in [7, 11) is 0. The Morgan fingerprint density at radius 2 is 0.902 bits per heavy atom. The van der Waals surface area contributed by atoms with Gasteiger partial charge in [0.25, 0.3) is 0 Å². The van der Waals surface area contributed by atoms with E-state index in [0.717, 1.165) is 13.8 Å². The molecular weight excluding hydrogens is 700 g/mol. The predicted molar refractivity (Wildman–Crippen MR) is 157 cm³/mol. The van der Waals surface area contributed by atoms with Gasteiger partial charge in [-0.15, -0.1) is 0 Å². The van der Waals surface area contributed by atoms with Crippen molar-refractivity contribution in [3.05, 3.63) is 0 Å². The number of rotatable bonds is 12. The topological polar surface area (TPSA) is 366 Å². The van der Waals surface area contributed by atoms with Gasteiger partial charge in [0.05, 0.1) is 26.4 Å². The number of carbonyl (C=O) groups is 2. The molecule has 23 heteroatoms. The molecule has 4 aliphatic heterocycles. The minimum Gasteiger partial charge on any atom is -0.394 e. The van der Waals surface area contributed by atoms with Crippen molar-refractivity contribution in [3.8, 4) is 0 Å². The second-order valence-corrected chi connectivity index (χ2v) is 12.6. The minimum absolute atomic E-state index is 0.671. The van der Waals surface area contributed by atoms with Crippen molar-refractivity contribution in [1.82, 2.24) is 10.6 Å². The average molecular weight is 749 g/mol. The third kappa shape index (κ3) is 9.11. The number of ether oxygens (including phenoxy) is 7. The number of aliphatic hydroxyl groups is 12. The van der Waals surface area contributed by atoms with Gasteiger partial charge in [-0.25, -0.2) is 0 Å². The van der Waals surface area contributed by atoms with Crippen molar-refractivity contribution in [2.24, 2.45) is 0 Å². The van der Waals surface area contributed by atoms with E-state index in [0.29, 0.717) is 0 Å². The summed E-state index contributed by atoms with van der Waals surface area (Å²) >= 11 is 0. The maximum absolute atomic E-state index is 12.3. The molecule has 0 spiro atoms. The van der Waals surface area contributed by atoms with Crippen LogP contribution in [0.2, 0.25) is 0 Å². The van der Waals surface area contributed by atoms with Gasteiger partial charge in [0, 0.05) is 13.8 Å². The first kappa shape index (κ1) is 41.9. The molecule has 0 aromatic heterocycles. The third-order valence-electron chi connectivity index (χ3n) is 9.01. The summed E-state index contributed by atoms with van der Waals surface area (Å²) in [5.74, 6) is -1.44. The fourth-order valence-corrected chi connectivity index (χ4v) is 6.35. The van der Waals surface area contributed by atoms with Gasteiger partial charge in [0.15, 0.2) is 25.2 Å². The molecule has 4 fully saturated rings. The Morgan fingerprint density at radius 1 is 0.471 bits per heavy atom. The maximum atomic E-state index is 12.3. The van der Waals surface area contributed by atoms with Gasteiger partial charge >= 0.3 is 0 Å². The molecule has 0 bridgehead atoms. The van der Waals surface area contributed by atoms with Crippen molar-refractivity contribution in [3.63, 3.8) is 0 Å². The molecule has 14 N–H and O–H groups in total. The molecule has 0 saturated carbocycles. The zero-order valence-electron chi connectivity index (χ0n) is 27.4. The van der Waals surface area contributed by atoms with E-state index in [1.54, 1.807) is 0 Å². The Morgan fingerprint density at radius 3 is 1.43 bits per heavy atom. The molecule has 4 saturated heterocycles. The Balaban J connectivity index is 1.62. The highest BCUT2D eigenvalue weighted by Crippen LogP contribution is 2.34. The highest BCUT2D eigenvalue weighted by Gasteiger charge is 2.56. The highest BCUT2D eigenvalue weighted by atomic mass is 16.8. The summed E-state index contributed by atoms with van der Waals surface area (Å²) in [5.41, 5.74) is 0. The first-order chi connectivity index (χ1) is 24.1. The molecular formula is C28H48N2O21. The van der Waals surface area contributed by atoms with Crippen molar-refractivity contribution < 1.29 is 104 Å². The quantitative estimate of drug-likeness (QED) is 0.0881. The first-order valence-electron chi connectivity index (χ1n) is 16.1. The molecule has 4 heterocycles. The lowest BCUT2D eigenvalue weighted by atomic mass is 9.94. The molecule has 0 aromatic rings. The van der Waals surface area contributed by atoms with Crippen molar-refractivity contribution in [1.29, 1.82) is 0 Å². The van der Waals surface area contributed by atoms with Crippen LogP contribution in [0.25, 0.3) is 0 Å². The van der Waals surface area contributed by atoms with Gasteiger partial charge in [-0.3, -0.25) is 9.59 Å². The van der Waals surface area contributed by atoms with E-state index in [1.165, 1.54) is 0 Å². The normalized spacial score (nSPS) is 47.8. The lowest BCUT2D eigenvalue weighted by molar-refractivity contribution is -0.376. The van der Waals surface area contributed by atoms with E-state index >= 15 is 0 Å². The Hall–Kier alpha value is -1.82. The standard InChI is InChI=1S/C28H48N2O21/c1-7(35)29-13-18(40)22(12(6-34)45-25(13)44)49-28-21(43)24(17(39)11(5-33)48-28)51-26-14(30-8(2)36)23(16(38)10(4-32)46-26)50-27-20(42)19(41)15(37)9(3-31)47-27/h9-28,31-34,37-44H,3-6H2,1-2H3,(H,29,35)(H,30,36)/t9-,10-,11-,12-,13-,14-,15+,16-,17+,18-,19+,20-,21-,22-,23-,24+,25?,26+,27+,28+/m1/s1. The average Bonchev–Trinajstić information content (AvgIpc) is 3.08. The lowest BCUT2D eigenvalue weighted by Gasteiger charge is -2.50. The summed E-state index contributed by atoms with van der Waals surface area (Å²) in [5, 5.41) is 130. The second kappa shape index (κ2) is 18.0. The summed E-state index contributed by atoms with van der Waals surface area (Å²) in [6, 6.07) is -3.09. The molecule has 4 rings (SSSR count). The van der Waals surface area contributed by atoms with Crippen LogP contribution in [0.1, 0.15) is 13.8 Å².